The second-order valence-corrected chi connectivity index (χ2v) is 4.14. The molecule has 0 saturated heterocycles. The number of rotatable bonds is 2. The van der Waals surface area contributed by atoms with Crippen molar-refractivity contribution in [3.8, 4) is 5.69 Å². The molecule has 1 aromatic carbocycles. The van der Waals surface area contributed by atoms with Gasteiger partial charge < -0.3 is 0 Å². The molecule has 16 heavy (non-hydrogen) atoms. The van der Waals surface area contributed by atoms with Crippen LogP contribution in [0, 0.1) is 0 Å². The standard InChI is InChI=1S/C11H8Cl2N2O/c1-7(16)11-9(13)3-2-4-10(11)15-6-8(12)5-14-15/h2-6H,1H3. The summed E-state index contributed by atoms with van der Waals surface area (Å²) in [5, 5.41) is 4.97. The lowest BCUT2D eigenvalue weighted by Gasteiger charge is -2.08. The Bertz CT molecular complexity index is 549. The van der Waals surface area contributed by atoms with Gasteiger partial charge in [-0.2, -0.15) is 5.10 Å². The van der Waals surface area contributed by atoms with Crippen LogP contribution in [-0.4, -0.2) is 15.6 Å². The van der Waals surface area contributed by atoms with Gasteiger partial charge in [0.05, 0.1) is 27.5 Å². The summed E-state index contributed by atoms with van der Waals surface area (Å²) < 4.78 is 1.53. The third kappa shape index (κ3) is 1.96. The van der Waals surface area contributed by atoms with Crippen LogP contribution < -0.4 is 0 Å². The van der Waals surface area contributed by atoms with Gasteiger partial charge in [0.15, 0.2) is 5.78 Å². The number of halogens is 2. The largest absolute Gasteiger partial charge is 0.294 e. The summed E-state index contributed by atoms with van der Waals surface area (Å²) in [7, 11) is 0. The first-order chi connectivity index (χ1) is 7.59. The summed E-state index contributed by atoms with van der Waals surface area (Å²) in [6, 6.07) is 5.21. The molecule has 0 bridgehead atoms. The number of nitrogens with zero attached hydrogens (tertiary/aromatic N) is 2. The van der Waals surface area contributed by atoms with E-state index in [1.54, 1.807) is 24.4 Å². The molecular weight excluding hydrogens is 247 g/mol. The Labute approximate surface area is 103 Å². The summed E-state index contributed by atoms with van der Waals surface area (Å²) in [5.41, 5.74) is 1.08. The molecule has 0 aliphatic carbocycles. The predicted octanol–water partition coefficient (Wildman–Crippen LogP) is 3.38. The Morgan fingerprint density at radius 1 is 1.38 bits per heavy atom. The van der Waals surface area contributed by atoms with Gasteiger partial charge in [-0.1, -0.05) is 29.3 Å². The van der Waals surface area contributed by atoms with Crippen LogP contribution in [0.3, 0.4) is 0 Å². The van der Waals surface area contributed by atoms with Gasteiger partial charge >= 0.3 is 0 Å². The Kier molecular flexibility index (Phi) is 2.99. The minimum Gasteiger partial charge on any atom is -0.294 e. The van der Waals surface area contributed by atoms with Crippen LogP contribution in [0.1, 0.15) is 17.3 Å². The highest BCUT2D eigenvalue weighted by atomic mass is 35.5. The van der Waals surface area contributed by atoms with E-state index in [1.165, 1.54) is 17.8 Å². The number of hydrogen-bond donors (Lipinski definition) is 0. The van der Waals surface area contributed by atoms with Crippen molar-refractivity contribution in [3.63, 3.8) is 0 Å². The second-order valence-electron chi connectivity index (χ2n) is 3.29. The Morgan fingerprint density at radius 3 is 2.69 bits per heavy atom. The van der Waals surface area contributed by atoms with E-state index in [1.807, 2.05) is 0 Å². The zero-order valence-electron chi connectivity index (χ0n) is 8.45. The minimum absolute atomic E-state index is 0.104. The average molecular weight is 255 g/mol. The van der Waals surface area contributed by atoms with E-state index in [9.17, 15) is 4.79 Å². The molecular formula is C11H8Cl2N2O. The molecule has 0 fully saturated rings. The molecule has 0 spiro atoms. The van der Waals surface area contributed by atoms with Crippen molar-refractivity contribution in [2.45, 2.75) is 6.92 Å². The number of hydrogen-bond acceptors (Lipinski definition) is 2. The van der Waals surface area contributed by atoms with Crippen LogP contribution in [0.2, 0.25) is 10.0 Å². The van der Waals surface area contributed by atoms with Crippen LogP contribution in [0.4, 0.5) is 0 Å². The second kappa shape index (κ2) is 4.28. The summed E-state index contributed by atoms with van der Waals surface area (Å²) in [6.07, 6.45) is 3.13. The summed E-state index contributed by atoms with van der Waals surface area (Å²) in [6.45, 7) is 1.47. The van der Waals surface area contributed by atoms with Crippen LogP contribution in [0.5, 0.6) is 0 Å². The van der Waals surface area contributed by atoms with Crippen molar-refractivity contribution in [1.82, 2.24) is 9.78 Å². The van der Waals surface area contributed by atoms with Crippen LogP contribution in [-0.2, 0) is 0 Å². The van der Waals surface area contributed by atoms with E-state index < -0.39 is 0 Å². The molecule has 2 aromatic rings. The van der Waals surface area contributed by atoms with E-state index >= 15 is 0 Å². The SMILES string of the molecule is CC(=O)c1c(Cl)cccc1-n1cc(Cl)cn1. The first kappa shape index (κ1) is 11.2. The predicted molar refractivity (Wildman–Crippen MR) is 63.6 cm³/mol. The molecule has 0 amide bonds. The van der Waals surface area contributed by atoms with E-state index in [0.717, 1.165) is 0 Å². The number of benzene rings is 1. The fourth-order valence-electron chi connectivity index (χ4n) is 1.48. The van der Waals surface area contributed by atoms with Gasteiger partial charge in [-0.05, 0) is 19.1 Å². The van der Waals surface area contributed by atoms with E-state index in [2.05, 4.69) is 5.10 Å². The van der Waals surface area contributed by atoms with Gasteiger partial charge in [0.1, 0.15) is 0 Å². The number of carbonyl (C=O) groups excluding carboxylic acids is 1. The molecule has 0 N–H and O–H groups in total. The van der Waals surface area contributed by atoms with Crippen molar-refractivity contribution in [1.29, 1.82) is 0 Å². The normalized spacial score (nSPS) is 10.4. The highest BCUT2D eigenvalue weighted by molar-refractivity contribution is 6.34. The zero-order chi connectivity index (χ0) is 11.7. The fourth-order valence-corrected chi connectivity index (χ4v) is 1.92. The van der Waals surface area contributed by atoms with Gasteiger partial charge in [-0.3, -0.25) is 4.79 Å². The van der Waals surface area contributed by atoms with Crippen molar-refractivity contribution in [3.05, 3.63) is 46.2 Å². The molecule has 1 aromatic heterocycles. The lowest BCUT2D eigenvalue weighted by molar-refractivity contribution is 0.101. The highest BCUT2D eigenvalue weighted by Gasteiger charge is 2.13. The lowest BCUT2D eigenvalue weighted by atomic mass is 10.1. The number of ketones is 1. The molecule has 0 unspecified atom stereocenters. The topological polar surface area (TPSA) is 34.9 Å². The Hall–Kier alpha value is -1.32. The van der Waals surface area contributed by atoms with Crippen molar-refractivity contribution >= 4 is 29.0 Å². The summed E-state index contributed by atoms with van der Waals surface area (Å²) in [4.78, 5) is 11.5. The number of Topliss-reactive ketones (excluding diaryl/α,β-unsaturated/α-hetero) is 1. The Morgan fingerprint density at radius 2 is 2.12 bits per heavy atom. The fraction of sp³-hybridized carbons (Fsp3) is 0.0909. The number of carbonyl (C=O) groups is 1. The van der Waals surface area contributed by atoms with E-state index in [-0.39, 0.29) is 5.78 Å². The van der Waals surface area contributed by atoms with E-state index in [4.69, 9.17) is 23.2 Å². The molecule has 2 rings (SSSR count). The van der Waals surface area contributed by atoms with Gasteiger partial charge in [-0.25, -0.2) is 4.68 Å². The van der Waals surface area contributed by atoms with Gasteiger partial charge in [-0.15, -0.1) is 0 Å². The molecule has 82 valence electrons. The highest BCUT2D eigenvalue weighted by Crippen LogP contribution is 2.24. The van der Waals surface area contributed by atoms with Crippen LogP contribution in [0.15, 0.2) is 30.6 Å². The molecule has 1 heterocycles. The maximum atomic E-state index is 11.5. The summed E-state index contributed by atoms with van der Waals surface area (Å²) in [5.74, 6) is -0.104. The van der Waals surface area contributed by atoms with Crippen molar-refractivity contribution in [2.24, 2.45) is 0 Å². The first-order valence-electron chi connectivity index (χ1n) is 4.59. The molecule has 3 nitrogen and oxygen atoms in total. The molecule has 0 aliphatic heterocycles. The zero-order valence-corrected chi connectivity index (χ0v) is 9.96. The van der Waals surface area contributed by atoms with Crippen LogP contribution >= 0.6 is 23.2 Å². The molecule has 5 heteroatoms. The lowest BCUT2D eigenvalue weighted by Crippen LogP contribution is -2.04. The maximum Gasteiger partial charge on any atom is 0.163 e. The van der Waals surface area contributed by atoms with Crippen LogP contribution in [0.25, 0.3) is 5.69 Å². The third-order valence-electron chi connectivity index (χ3n) is 2.14. The monoisotopic (exact) mass is 254 g/mol. The molecule has 0 aliphatic rings. The van der Waals surface area contributed by atoms with Gasteiger partial charge in [0, 0.05) is 6.20 Å². The van der Waals surface area contributed by atoms with E-state index in [0.29, 0.717) is 21.3 Å². The van der Waals surface area contributed by atoms with Crippen molar-refractivity contribution in [2.75, 3.05) is 0 Å². The number of aromatic nitrogens is 2. The first-order valence-corrected chi connectivity index (χ1v) is 5.35. The molecule has 0 saturated carbocycles. The third-order valence-corrected chi connectivity index (χ3v) is 2.65. The summed E-state index contributed by atoms with van der Waals surface area (Å²) >= 11 is 11.8. The Balaban J connectivity index is 2.65. The quantitative estimate of drug-likeness (QED) is 0.771. The van der Waals surface area contributed by atoms with Gasteiger partial charge in [0.25, 0.3) is 0 Å². The minimum atomic E-state index is -0.104. The molecule has 0 atom stereocenters. The average Bonchev–Trinajstić information content (AvgIpc) is 2.63. The van der Waals surface area contributed by atoms with Crippen molar-refractivity contribution < 1.29 is 4.79 Å². The molecule has 0 radical (unpaired) electrons. The van der Waals surface area contributed by atoms with Gasteiger partial charge in [0.2, 0.25) is 0 Å². The smallest absolute Gasteiger partial charge is 0.163 e. The maximum absolute atomic E-state index is 11.5.